The zero-order valence-electron chi connectivity index (χ0n) is 6.80. The first-order chi connectivity index (χ1) is 6.06. The highest BCUT2D eigenvalue weighted by Crippen LogP contribution is 2.27. The molecule has 0 heterocycles. The minimum absolute atomic E-state index is 0.194. The molecule has 0 unspecified atom stereocenters. The molecule has 0 aliphatic rings. The summed E-state index contributed by atoms with van der Waals surface area (Å²) < 4.78 is 0. The fraction of sp³-hybridized carbons (Fsp3) is 0.111. The lowest BCUT2D eigenvalue weighted by molar-refractivity contribution is 0.101. The zero-order valence-corrected chi connectivity index (χ0v) is 8.32. The highest BCUT2D eigenvalue weighted by molar-refractivity contribution is 6.44. The minimum atomic E-state index is -0.212. The van der Waals surface area contributed by atoms with Crippen LogP contribution in [0.3, 0.4) is 0 Å². The number of halogens is 2. The molecule has 4 heteroatoms. The first-order valence-corrected chi connectivity index (χ1v) is 4.27. The Morgan fingerprint density at radius 2 is 2.00 bits per heavy atom. The number of hydrogen-bond donors (Lipinski definition) is 0. The van der Waals surface area contributed by atoms with Crippen molar-refractivity contribution in [3.05, 3.63) is 33.3 Å². The predicted octanol–water partition coefficient (Wildman–Crippen LogP) is 3.01. The number of aldehydes is 1. The molecule has 0 aliphatic heterocycles. The lowest BCUT2D eigenvalue weighted by atomic mass is 10.1. The van der Waals surface area contributed by atoms with Gasteiger partial charge in [0, 0.05) is 11.1 Å². The Bertz CT molecular complexity index is 372. The van der Waals surface area contributed by atoms with E-state index in [-0.39, 0.29) is 21.4 Å². The second kappa shape index (κ2) is 3.90. The summed E-state index contributed by atoms with van der Waals surface area (Å²) in [6.07, 6.45) is 0.620. The van der Waals surface area contributed by atoms with E-state index in [0.29, 0.717) is 11.8 Å². The van der Waals surface area contributed by atoms with Gasteiger partial charge < -0.3 is 0 Å². The average molecular weight is 217 g/mol. The van der Waals surface area contributed by atoms with Crippen LogP contribution in [-0.2, 0) is 0 Å². The standard InChI is InChI=1S/C9H6Cl2O2/c1-5(13)7-2-6(4-12)3-8(10)9(7)11/h2-4H,1H3. The van der Waals surface area contributed by atoms with E-state index in [2.05, 4.69) is 0 Å². The normalized spacial score (nSPS) is 9.77. The van der Waals surface area contributed by atoms with E-state index in [1.807, 2.05) is 0 Å². The molecule has 0 aromatic heterocycles. The van der Waals surface area contributed by atoms with Crippen LogP contribution in [0.4, 0.5) is 0 Å². The van der Waals surface area contributed by atoms with Gasteiger partial charge in [-0.2, -0.15) is 0 Å². The molecular weight excluding hydrogens is 211 g/mol. The summed E-state index contributed by atoms with van der Waals surface area (Å²) in [5.74, 6) is -0.212. The smallest absolute Gasteiger partial charge is 0.161 e. The maximum atomic E-state index is 11.0. The first kappa shape index (κ1) is 10.2. The molecule has 0 saturated carbocycles. The van der Waals surface area contributed by atoms with Crippen molar-refractivity contribution >= 4 is 35.3 Å². The van der Waals surface area contributed by atoms with Crippen molar-refractivity contribution in [2.45, 2.75) is 6.92 Å². The van der Waals surface area contributed by atoms with Crippen molar-refractivity contribution in [1.29, 1.82) is 0 Å². The Kier molecular flexibility index (Phi) is 3.07. The van der Waals surface area contributed by atoms with Gasteiger partial charge in [-0.3, -0.25) is 9.59 Å². The molecule has 0 fully saturated rings. The van der Waals surface area contributed by atoms with E-state index in [9.17, 15) is 9.59 Å². The van der Waals surface area contributed by atoms with Gasteiger partial charge in [0.05, 0.1) is 10.0 Å². The summed E-state index contributed by atoms with van der Waals surface area (Å²) in [6, 6.07) is 2.84. The average Bonchev–Trinajstić information content (AvgIpc) is 2.09. The van der Waals surface area contributed by atoms with E-state index >= 15 is 0 Å². The number of Topliss-reactive ketones (excluding diaryl/α,β-unsaturated/α-hetero) is 1. The summed E-state index contributed by atoms with van der Waals surface area (Å²) >= 11 is 11.4. The SMILES string of the molecule is CC(=O)c1cc(C=O)cc(Cl)c1Cl. The molecule has 1 rings (SSSR count). The first-order valence-electron chi connectivity index (χ1n) is 3.51. The van der Waals surface area contributed by atoms with Crippen LogP contribution < -0.4 is 0 Å². The van der Waals surface area contributed by atoms with Crippen molar-refractivity contribution in [2.75, 3.05) is 0 Å². The van der Waals surface area contributed by atoms with Gasteiger partial charge in [-0.25, -0.2) is 0 Å². The molecule has 68 valence electrons. The van der Waals surface area contributed by atoms with Gasteiger partial charge in [-0.1, -0.05) is 23.2 Å². The number of ketones is 1. The molecule has 0 N–H and O–H groups in total. The molecule has 0 bridgehead atoms. The van der Waals surface area contributed by atoms with Crippen molar-refractivity contribution in [1.82, 2.24) is 0 Å². The third-order valence-corrected chi connectivity index (χ3v) is 2.37. The fourth-order valence-electron chi connectivity index (χ4n) is 0.934. The Balaban J connectivity index is 3.41. The summed E-state index contributed by atoms with van der Waals surface area (Å²) in [4.78, 5) is 21.5. The van der Waals surface area contributed by atoms with E-state index < -0.39 is 0 Å². The molecule has 0 aliphatic carbocycles. The Labute approximate surface area is 85.5 Å². The molecule has 1 aromatic rings. The van der Waals surface area contributed by atoms with Gasteiger partial charge >= 0.3 is 0 Å². The van der Waals surface area contributed by atoms with Crippen LogP contribution in [0.1, 0.15) is 27.6 Å². The van der Waals surface area contributed by atoms with Gasteiger partial charge in [-0.05, 0) is 19.1 Å². The second-order valence-electron chi connectivity index (χ2n) is 2.54. The number of hydrogen-bond acceptors (Lipinski definition) is 2. The fourth-order valence-corrected chi connectivity index (χ4v) is 1.40. The molecule has 1 aromatic carbocycles. The Morgan fingerprint density at radius 3 is 2.46 bits per heavy atom. The van der Waals surface area contributed by atoms with Crippen molar-refractivity contribution in [3.63, 3.8) is 0 Å². The lowest BCUT2D eigenvalue weighted by Crippen LogP contribution is -1.96. The maximum Gasteiger partial charge on any atom is 0.161 e. The minimum Gasteiger partial charge on any atom is -0.298 e. The quantitative estimate of drug-likeness (QED) is 0.563. The summed E-state index contributed by atoms with van der Waals surface area (Å²) in [5, 5.41) is 0.413. The second-order valence-corrected chi connectivity index (χ2v) is 3.32. The topological polar surface area (TPSA) is 34.1 Å². The zero-order chi connectivity index (χ0) is 10.0. The predicted molar refractivity (Wildman–Crippen MR) is 51.9 cm³/mol. The molecular formula is C9H6Cl2O2. The lowest BCUT2D eigenvalue weighted by Gasteiger charge is -2.02. The molecule has 2 nitrogen and oxygen atoms in total. The van der Waals surface area contributed by atoms with Crippen LogP contribution in [0.15, 0.2) is 12.1 Å². The molecule has 0 amide bonds. The van der Waals surface area contributed by atoms with Crippen molar-refractivity contribution in [2.24, 2.45) is 0 Å². The van der Waals surface area contributed by atoms with Gasteiger partial charge in [0.25, 0.3) is 0 Å². The van der Waals surface area contributed by atoms with Gasteiger partial charge in [0.2, 0.25) is 0 Å². The van der Waals surface area contributed by atoms with E-state index in [4.69, 9.17) is 23.2 Å². The molecule has 0 spiro atoms. The summed E-state index contributed by atoms with van der Waals surface area (Å²) in [7, 11) is 0. The monoisotopic (exact) mass is 216 g/mol. The molecule has 0 atom stereocenters. The van der Waals surface area contributed by atoms with Gasteiger partial charge in [0.1, 0.15) is 6.29 Å². The van der Waals surface area contributed by atoms with Crippen LogP contribution in [0.25, 0.3) is 0 Å². The van der Waals surface area contributed by atoms with E-state index in [1.54, 1.807) is 0 Å². The third-order valence-electron chi connectivity index (χ3n) is 1.57. The van der Waals surface area contributed by atoms with Crippen LogP contribution in [0, 0.1) is 0 Å². The molecule has 0 saturated heterocycles. The largest absolute Gasteiger partial charge is 0.298 e. The van der Waals surface area contributed by atoms with E-state index in [1.165, 1.54) is 19.1 Å². The Hall–Kier alpha value is -0.860. The number of rotatable bonds is 2. The molecule has 13 heavy (non-hydrogen) atoms. The van der Waals surface area contributed by atoms with E-state index in [0.717, 1.165) is 0 Å². The van der Waals surface area contributed by atoms with Crippen LogP contribution >= 0.6 is 23.2 Å². The summed E-state index contributed by atoms with van der Waals surface area (Å²) in [6.45, 7) is 1.37. The van der Waals surface area contributed by atoms with Crippen LogP contribution in [0.5, 0.6) is 0 Å². The molecule has 0 radical (unpaired) electrons. The van der Waals surface area contributed by atoms with Gasteiger partial charge in [-0.15, -0.1) is 0 Å². The van der Waals surface area contributed by atoms with Gasteiger partial charge in [0.15, 0.2) is 5.78 Å². The third kappa shape index (κ3) is 2.08. The maximum absolute atomic E-state index is 11.0. The van der Waals surface area contributed by atoms with Crippen LogP contribution in [-0.4, -0.2) is 12.1 Å². The Morgan fingerprint density at radius 1 is 1.38 bits per heavy atom. The van der Waals surface area contributed by atoms with Crippen molar-refractivity contribution in [3.8, 4) is 0 Å². The number of carbonyl (C=O) groups is 2. The van der Waals surface area contributed by atoms with Crippen molar-refractivity contribution < 1.29 is 9.59 Å². The van der Waals surface area contributed by atoms with Crippen LogP contribution in [0.2, 0.25) is 10.0 Å². The number of benzene rings is 1. The highest BCUT2D eigenvalue weighted by atomic mass is 35.5. The summed E-state index contributed by atoms with van der Waals surface area (Å²) in [5.41, 5.74) is 0.621. The number of carbonyl (C=O) groups excluding carboxylic acids is 2. The highest BCUT2D eigenvalue weighted by Gasteiger charge is 2.10.